The van der Waals surface area contributed by atoms with Crippen molar-refractivity contribution in [1.29, 1.82) is 0 Å². The summed E-state index contributed by atoms with van der Waals surface area (Å²) in [5.74, 6) is -3.21. The molecular weight excluding hydrogens is 216 g/mol. The molecule has 86 valence electrons. The van der Waals surface area contributed by atoms with E-state index in [-0.39, 0.29) is 5.57 Å². The van der Waals surface area contributed by atoms with Crippen LogP contribution in [0.3, 0.4) is 0 Å². The van der Waals surface area contributed by atoms with Gasteiger partial charge >= 0.3 is 11.9 Å². The number of hydrogen-bond acceptors (Lipinski definition) is 4. The highest BCUT2D eigenvalue weighted by molar-refractivity contribution is 5.89. The minimum absolute atomic E-state index is 0.259. The predicted molar refractivity (Wildman–Crippen MR) is 52.5 cm³/mol. The van der Waals surface area contributed by atoms with E-state index in [1.165, 1.54) is 18.2 Å². The fraction of sp³-hybridized carbons (Fsp3) is 0.200. The van der Waals surface area contributed by atoms with Gasteiger partial charge in [0, 0.05) is 0 Å². The third-order valence-electron chi connectivity index (χ3n) is 1.97. The van der Waals surface area contributed by atoms with E-state index in [4.69, 9.17) is 14.9 Å². The Morgan fingerprint density at radius 1 is 1.38 bits per heavy atom. The molecule has 0 saturated heterocycles. The van der Waals surface area contributed by atoms with Crippen LogP contribution in [0.2, 0.25) is 0 Å². The monoisotopic (exact) mass is 226 g/mol. The maximum atomic E-state index is 10.7. The van der Waals surface area contributed by atoms with Crippen LogP contribution in [-0.4, -0.2) is 39.5 Å². The van der Waals surface area contributed by atoms with Crippen LogP contribution in [0.15, 0.2) is 36.1 Å². The van der Waals surface area contributed by atoms with Crippen molar-refractivity contribution in [2.75, 3.05) is 0 Å². The number of aliphatic carboxylic acids is 2. The minimum atomic E-state index is -1.42. The number of aliphatic hydroxyl groups is 1. The number of rotatable bonds is 4. The van der Waals surface area contributed by atoms with Crippen molar-refractivity contribution >= 4 is 11.9 Å². The van der Waals surface area contributed by atoms with E-state index in [2.05, 4.69) is 6.58 Å². The maximum Gasteiger partial charge on any atom is 0.370 e. The second-order valence-corrected chi connectivity index (χ2v) is 3.07. The van der Waals surface area contributed by atoms with Crippen LogP contribution in [0.4, 0.5) is 0 Å². The van der Waals surface area contributed by atoms with Gasteiger partial charge in [0.05, 0.1) is 5.57 Å². The third kappa shape index (κ3) is 2.48. The van der Waals surface area contributed by atoms with Crippen molar-refractivity contribution < 1.29 is 29.6 Å². The lowest BCUT2D eigenvalue weighted by Gasteiger charge is -2.23. The molecule has 0 bridgehead atoms. The van der Waals surface area contributed by atoms with Crippen molar-refractivity contribution in [2.24, 2.45) is 0 Å². The number of allylic oxidation sites excluding steroid dienone is 2. The van der Waals surface area contributed by atoms with E-state index in [0.29, 0.717) is 0 Å². The smallest absolute Gasteiger partial charge is 0.370 e. The first-order valence-electron chi connectivity index (χ1n) is 4.32. The van der Waals surface area contributed by atoms with Crippen molar-refractivity contribution in [3.63, 3.8) is 0 Å². The fourth-order valence-electron chi connectivity index (χ4n) is 1.17. The summed E-state index contributed by atoms with van der Waals surface area (Å²) in [6.45, 7) is 3.12. The summed E-state index contributed by atoms with van der Waals surface area (Å²) < 4.78 is 4.81. The second-order valence-electron chi connectivity index (χ2n) is 3.07. The van der Waals surface area contributed by atoms with E-state index in [1.54, 1.807) is 0 Å². The van der Waals surface area contributed by atoms with Crippen LogP contribution >= 0.6 is 0 Å². The van der Waals surface area contributed by atoms with Crippen LogP contribution in [0, 0.1) is 0 Å². The Labute approximate surface area is 90.8 Å². The van der Waals surface area contributed by atoms with Crippen LogP contribution in [0.5, 0.6) is 0 Å². The zero-order valence-corrected chi connectivity index (χ0v) is 8.16. The van der Waals surface area contributed by atoms with Crippen LogP contribution in [0.1, 0.15) is 0 Å². The van der Waals surface area contributed by atoms with Crippen LogP contribution in [-0.2, 0) is 14.3 Å². The summed E-state index contributed by atoms with van der Waals surface area (Å²) in [7, 11) is 0. The molecular formula is C10H10O6. The summed E-state index contributed by atoms with van der Waals surface area (Å²) >= 11 is 0. The highest BCUT2D eigenvalue weighted by atomic mass is 16.5. The number of ether oxygens (including phenoxy) is 1. The summed E-state index contributed by atoms with van der Waals surface area (Å²) in [5.41, 5.74) is -0.259. The summed E-state index contributed by atoms with van der Waals surface area (Å²) in [4.78, 5) is 21.1. The van der Waals surface area contributed by atoms with E-state index in [9.17, 15) is 14.7 Å². The lowest BCUT2D eigenvalue weighted by Crippen LogP contribution is -2.34. The predicted octanol–water partition coefficient (Wildman–Crippen LogP) is -0.0884. The zero-order chi connectivity index (χ0) is 12.3. The van der Waals surface area contributed by atoms with Gasteiger partial charge in [-0.15, -0.1) is 0 Å². The van der Waals surface area contributed by atoms with Gasteiger partial charge in [-0.2, -0.15) is 0 Å². The van der Waals surface area contributed by atoms with Gasteiger partial charge in [0.25, 0.3) is 0 Å². The molecule has 0 unspecified atom stereocenters. The van der Waals surface area contributed by atoms with E-state index in [1.807, 2.05) is 0 Å². The third-order valence-corrected chi connectivity index (χ3v) is 1.97. The molecule has 16 heavy (non-hydrogen) atoms. The molecule has 0 saturated carbocycles. The molecule has 0 amide bonds. The second kappa shape index (κ2) is 4.63. The molecule has 1 aliphatic carbocycles. The molecule has 0 aromatic heterocycles. The Kier molecular flexibility index (Phi) is 3.47. The first-order valence-corrected chi connectivity index (χ1v) is 4.32. The number of carboxylic acids is 2. The zero-order valence-electron chi connectivity index (χ0n) is 8.16. The Morgan fingerprint density at radius 2 is 2.00 bits per heavy atom. The first kappa shape index (κ1) is 12.0. The first-order chi connectivity index (χ1) is 7.43. The Bertz CT molecular complexity index is 392. The maximum absolute atomic E-state index is 10.7. The average Bonchev–Trinajstić information content (AvgIpc) is 2.20. The highest BCUT2D eigenvalue weighted by Crippen LogP contribution is 2.18. The summed E-state index contributed by atoms with van der Waals surface area (Å²) in [5, 5.41) is 26.8. The molecule has 0 aromatic carbocycles. The Morgan fingerprint density at radius 3 is 2.50 bits per heavy atom. The van der Waals surface area contributed by atoms with Gasteiger partial charge in [-0.05, 0) is 18.7 Å². The Hall–Kier alpha value is -2.08. The molecule has 0 fully saturated rings. The lowest BCUT2D eigenvalue weighted by molar-refractivity contribution is -0.138. The molecule has 0 radical (unpaired) electrons. The van der Waals surface area contributed by atoms with E-state index >= 15 is 0 Å². The quantitative estimate of drug-likeness (QED) is 0.457. The molecule has 6 nitrogen and oxygen atoms in total. The van der Waals surface area contributed by atoms with Gasteiger partial charge in [-0.3, -0.25) is 0 Å². The van der Waals surface area contributed by atoms with Gasteiger partial charge < -0.3 is 20.1 Å². The van der Waals surface area contributed by atoms with Gasteiger partial charge in [0.2, 0.25) is 0 Å². The van der Waals surface area contributed by atoms with Crippen LogP contribution < -0.4 is 0 Å². The number of carboxylic acid groups (broad SMARTS) is 2. The summed E-state index contributed by atoms with van der Waals surface area (Å²) in [6, 6.07) is 0. The molecule has 1 rings (SSSR count). The molecule has 3 N–H and O–H groups in total. The fourth-order valence-corrected chi connectivity index (χ4v) is 1.17. The topological polar surface area (TPSA) is 104 Å². The summed E-state index contributed by atoms with van der Waals surface area (Å²) in [6.07, 6.45) is 1.47. The standard InChI is InChI=1S/C10H10O6/c1-5(9(12)13)16-7-4-2-3-6(8(7)11)10(14)15/h2-4,7-8,11H,1H2,(H,12,13)(H,14,15)/t7-,8-/m1/s1. The molecule has 0 spiro atoms. The molecule has 0 aromatic rings. The van der Waals surface area contributed by atoms with Crippen LogP contribution in [0.25, 0.3) is 0 Å². The minimum Gasteiger partial charge on any atom is -0.478 e. The molecule has 6 heteroatoms. The van der Waals surface area contributed by atoms with Crippen molar-refractivity contribution in [3.05, 3.63) is 36.1 Å². The van der Waals surface area contributed by atoms with Gasteiger partial charge in [-0.1, -0.05) is 6.08 Å². The van der Waals surface area contributed by atoms with Crippen molar-refractivity contribution in [1.82, 2.24) is 0 Å². The highest BCUT2D eigenvalue weighted by Gasteiger charge is 2.29. The van der Waals surface area contributed by atoms with Gasteiger partial charge in [-0.25, -0.2) is 9.59 Å². The van der Waals surface area contributed by atoms with Crippen molar-refractivity contribution in [3.8, 4) is 0 Å². The SMILES string of the molecule is C=C(O[C@@H]1C=CC=C(C(=O)O)[C@H]1O)C(=O)O. The number of aliphatic hydroxyl groups excluding tert-OH is 1. The molecule has 1 aliphatic rings. The average molecular weight is 226 g/mol. The van der Waals surface area contributed by atoms with Gasteiger partial charge in [0.15, 0.2) is 5.76 Å². The largest absolute Gasteiger partial charge is 0.478 e. The Balaban J connectivity index is 2.76. The molecule has 0 heterocycles. The number of hydrogen-bond donors (Lipinski definition) is 3. The number of carbonyl (C=O) groups is 2. The molecule has 2 atom stereocenters. The normalized spacial score (nSPS) is 23.4. The van der Waals surface area contributed by atoms with Crippen molar-refractivity contribution in [2.45, 2.75) is 12.2 Å². The van der Waals surface area contributed by atoms with E-state index in [0.717, 1.165) is 0 Å². The lowest BCUT2D eigenvalue weighted by atomic mass is 9.99. The molecule has 0 aliphatic heterocycles. The van der Waals surface area contributed by atoms with Gasteiger partial charge in [0.1, 0.15) is 12.2 Å². The van der Waals surface area contributed by atoms with E-state index < -0.39 is 29.9 Å².